The summed E-state index contributed by atoms with van der Waals surface area (Å²) in [4.78, 5) is 0. The third kappa shape index (κ3) is 0.802. The van der Waals surface area contributed by atoms with Crippen molar-refractivity contribution in [3.63, 3.8) is 0 Å². The summed E-state index contributed by atoms with van der Waals surface area (Å²) in [6.45, 7) is 0. The number of hydrogen-bond donors (Lipinski definition) is 0. The molecule has 1 saturated heterocycles. The van der Waals surface area contributed by atoms with E-state index in [2.05, 4.69) is 0 Å². The Balaban J connectivity index is 0.000000245. The van der Waals surface area contributed by atoms with Crippen molar-refractivity contribution in [1.82, 2.24) is 0 Å². The van der Waals surface area contributed by atoms with E-state index in [1.54, 1.807) is 0 Å². The summed E-state index contributed by atoms with van der Waals surface area (Å²) in [7, 11) is 0. The average molecular weight is 118 g/mol. The molecule has 1 aliphatic heterocycles. The predicted molar refractivity (Wildman–Crippen MR) is 33.6 cm³/mol. The van der Waals surface area contributed by atoms with Gasteiger partial charge in [-0.1, -0.05) is 0 Å². The second-order valence-corrected chi connectivity index (χ2v) is 2.14. The molecule has 42 valence electrons. The normalized spacial score (nSPS) is 44.6. The minimum Gasteiger partial charge on any atom is -0.370 e. The summed E-state index contributed by atoms with van der Waals surface area (Å²) in [6.07, 6.45) is 5.51. The van der Waals surface area contributed by atoms with Gasteiger partial charge in [0.15, 0.2) is 0 Å². The van der Waals surface area contributed by atoms with Gasteiger partial charge >= 0.3 is 0 Å². The Labute approximate surface area is 47.1 Å². The summed E-state index contributed by atoms with van der Waals surface area (Å²) >= 11 is 0. The van der Waals surface area contributed by atoms with Crippen molar-refractivity contribution < 1.29 is 4.74 Å². The van der Waals surface area contributed by atoms with Crippen LogP contribution >= 0.6 is 9.90 Å². The van der Waals surface area contributed by atoms with Crippen LogP contribution in [0.15, 0.2) is 0 Å². The Bertz CT molecular complexity index is 66.5. The van der Waals surface area contributed by atoms with Crippen molar-refractivity contribution in [2.45, 2.75) is 31.5 Å². The summed E-state index contributed by atoms with van der Waals surface area (Å²) in [6, 6.07) is 0. The van der Waals surface area contributed by atoms with E-state index in [0.29, 0.717) is 12.2 Å². The van der Waals surface area contributed by atoms with Crippen molar-refractivity contribution >= 4 is 9.90 Å². The summed E-state index contributed by atoms with van der Waals surface area (Å²) < 4.78 is 5.15. The third-order valence-corrected chi connectivity index (χ3v) is 1.66. The summed E-state index contributed by atoms with van der Waals surface area (Å²) in [5.41, 5.74) is 0. The van der Waals surface area contributed by atoms with E-state index >= 15 is 0 Å². The molecule has 0 bridgehead atoms. The maximum Gasteiger partial charge on any atom is 0.0841 e. The molecule has 0 aromatic carbocycles. The quantitative estimate of drug-likeness (QED) is 0.341. The largest absolute Gasteiger partial charge is 0.370 e. The van der Waals surface area contributed by atoms with Gasteiger partial charge in [-0.05, 0) is 19.3 Å². The third-order valence-electron chi connectivity index (χ3n) is 1.66. The molecule has 2 aliphatic rings. The van der Waals surface area contributed by atoms with E-state index in [-0.39, 0.29) is 9.90 Å². The SMILES string of the molecule is C1CC2OC2C1.P. The van der Waals surface area contributed by atoms with Crippen molar-refractivity contribution in [1.29, 1.82) is 0 Å². The molecule has 2 heteroatoms. The van der Waals surface area contributed by atoms with Crippen LogP contribution in [0.4, 0.5) is 0 Å². The van der Waals surface area contributed by atoms with Crippen molar-refractivity contribution in [2.24, 2.45) is 0 Å². The first-order valence-corrected chi connectivity index (χ1v) is 2.62. The van der Waals surface area contributed by atoms with Gasteiger partial charge in [0.25, 0.3) is 0 Å². The molecule has 1 heterocycles. The molecule has 0 aromatic heterocycles. The molecule has 3 atom stereocenters. The van der Waals surface area contributed by atoms with Gasteiger partial charge in [-0.15, -0.1) is 0 Å². The lowest BCUT2D eigenvalue weighted by molar-refractivity contribution is 0.322. The highest BCUT2D eigenvalue weighted by Gasteiger charge is 2.42. The lowest BCUT2D eigenvalue weighted by Crippen LogP contribution is -1.74. The molecule has 1 aliphatic carbocycles. The first-order chi connectivity index (χ1) is 2.97. The maximum atomic E-state index is 5.15. The highest BCUT2D eigenvalue weighted by Crippen LogP contribution is 2.37. The zero-order chi connectivity index (χ0) is 3.98. The second kappa shape index (κ2) is 1.72. The Hall–Kier alpha value is 0.390. The second-order valence-electron chi connectivity index (χ2n) is 2.14. The van der Waals surface area contributed by atoms with Crippen LogP contribution in [-0.4, -0.2) is 12.2 Å². The van der Waals surface area contributed by atoms with Gasteiger partial charge < -0.3 is 4.74 Å². The van der Waals surface area contributed by atoms with E-state index in [9.17, 15) is 0 Å². The fourth-order valence-corrected chi connectivity index (χ4v) is 1.21. The van der Waals surface area contributed by atoms with Crippen LogP contribution in [0.3, 0.4) is 0 Å². The molecule has 0 aromatic rings. The van der Waals surface area contributed by atoms with E-state index < -0.39 is 0 Å². The average Bonchev–Trinajstić information content (AvgIpc) is 2.17. The summed E-state index contributed by atoms with van der Waals surface area (Å²) in [5, 5.41) is 0. The summed E-state index contributed by atoms with van der Waals surface area (Å²) in [5.74, 6) is 0. The fraction of sp³-hybridized carbons (Fsp3) is 1.00. The van der Waals surface area contributed by atoms with Crippen molar-refractivity contribution in [2.75, 3.05) is 0 Å². The molecule has 0 spiro atoms. The van der Waals surface area contributed by atoms with Crippen LogP contribution in [0.25, 0.3) is 0 Å². The first-order valence-electron chi connectivity index (χ1n) is 2.62. The van der Waals surface area contributed by atoms with Crippen LogP contribution in [0, 0.1) is 0 Å². The number of hydrogen-bond acceptors (Lipinski definition) is 1. The number of rotatable bonds is 0. The Morgan fingerprint density at radius 1 is 1.14 bits per heavy atom. The highest BCUT2D eigenvalue weighted by molar-refractivity contribution is 6.92. The minimum absolute atomic E-state index is 0. The molecule has 2 rings (SSSR count). The molecular weight excluding hydrogens is 107 g/mol. The highest BCUT2D eigenvalue weighted by atomic mass is 31.0. The van der Waals surface area contributed by atoms with Crippen molar-refractivity contribution in [3.05, 3.63) is 0 Å². The van der Waals surface area contributed by atoms with Crippen LogP contribution in [-0.2, 0) is 4.74 Å². The Kier molecular flexibility index (Phi) is 1.36. The zero-order valence-corrected chi connectivity index (χ0v) is 5.81. The first kappa shape index (κ1) is 5.53. The van der Waals surface area contributed by atoms with E-state index in [0.717, 1.165) is 0 Å². The van der Waals surface area contributed by atoms with Gasteiger partial charge in [-0.2, -0.15) is 9.90 Å². The van der Waals surface area contributed by atoms with Gasteiger partial charge in [0.2, 0.25) is 0 Å². The van der Waals surface area contributed by atoms with E-state index in [4.69, 9.17) is 4.74 Å². The van der Waals surface area contributed by atoms with Crippen LogP contribution in [0.2, 0.25) is 0 Å². The molecule has 2 fully saturated rings. The minimum atomic E-state index is 0. The van der Waals surface area contributed by atoms with E-state index in [1.165, 1.54) is 19.3 Å². The van der Waals surface area contributed by atoms with E-state index in [1.807, 2.05) is 0 Å². The van der Waals surface area contributed by atoms with Crippen LogP contribution in [0.5, 0.6) is 0 Å². The molecule has 3 unspecified atom stereocenters. The van der Waals surface area contributed by atoms with Gasteiger partial charge in [0.1, 0.15) is 0 Å². The topological polar surface area (TPSA) is 12.5 Å². The molecular formula is C5H11OP. The van der Waals surface area contributed by atoms with Crippen LogP contribution < -0.4 is 0 Å². The zero-order valence-electron chi connectivity index (χ0n) is 4.39. The van der Waals surface area contributed by atoms with Crippen molar-refractivity contribution in [3.8, 4) is 0 Å². The fourth-order valence-electron chi connectivity index (χ4n) is 1.21. The monoisotopic (exact) mass is 118 g/mol. The van der Waals surface area contributed by atoms with Gasteiger partial charge in [-0.25, -0.2) is 0 Å². The van der Waals surface area contributed by atoms with Gasteiger partial charge in [-0.3, -0.25) is 0 Å². The molecule has 0 amide bonds. The molecule has 1 nitrogen and oxygen atoms in total. The predicted octanol–water partition coefficient (Wildman–Crippen LogP) is 0.996. The smallest absolute Gasteiger partial charge is 0.0841 e. The lowest BCUT2D eigenvalue weighted by Gasteiger charge is -1.81. The maximum absolute atomic E-state index is 5.15. The standard InChI is InChI=1S/C5H8O.H3P/c1-2-4-5(3-1)6-4;/h4-5H,1-3H2;1H3. The number of epoxide rings is 1. The Morgan fingerprint density at radius 3 is 1.86 bits per heavy atom. The van der Waals surface area contributed by atoms with Crippen LogP contribution in [0.1, 0.15) is 19.3 Å². The lowest BCUT2D eigenvalue weighted by atomic mass is 10.4. The Morgan fingerprint density at radius 2 is 1.71 bits per heavy atom. The molecule has 7 heavy (non-hydrogen) atoms. The van der Waals surface area contributed by atoms with Gasteiger partial charge in [0.05, 0.1) is 12.2 Å². The molecule has 0 N–H and O–H groups in total. The van der Waals surface area contributed by atoms with Gasteiger partial charge in [0, 0.05) is 0 Å². The molecule has 0 radical (unpaired) electrons. The molecule has 1 saturated carbocycles. The number of fused-ring (bicyclic) bond motifs is 1. The number of ether oxygens (including phenoxy) is 1.